The molecule has 0 spiro atoms. The lowest BCUT2D eigenvalue weighted by Crippen LogP contribution is -2.30. The van der Waals surface area contributed by atoms with E-state index in [0.717, 1.165) is 4.31 Å². The zero-order valence-corrected chi connectivity index (χ0v) is 17.7. The Morgan fingerprint density at radius 2 is 1.89 bits per heavy atom. The Hall–Kier alpha value is -1.97. The molecule has 0 saturated heterocycles. The number of ether oxygens (including phenoxy) is 1. The van der Waals surface area contributed by atoms with Crippen molar-refractivity contribution in [3.05, 3.63) is 52.3 Å². The van der Waals surface area contributed by atoms with Crippen LogP contribution in [0.2, 0.25) is 0 Å². The van der Waals surface area contributed by atoms with E-state index in [1.165, 1.54) is 44.4 Å². The summed E-state index contributed by atoms with van der Waals surface area (Å²) in [6, 6.07) is 8.38. The first-order valence-electron chi connectivity index (χ1n) is 7.98. The second kappa shape index (κ2) is 8.37. The summed E-state index contributed by atoms with van der Waals surface area (Å²) in [6.45, 7) is 3.30. The highest BCUT2D eigenvalue weighted by Crippen LogP contribution is 2.27. The van der Waals surface area contributed by atoms with Gasteiger partial charge in [-0.3, -0.25) is 4.79 Å². The van der Waals surface area contributed by atoms with E-state index in [1.807, 2.05) is 0 Å². The fraction of sp³-hybridized carbons (Fsp3) is 0.278. The van der Waals surface area contributed by atoms with Gasteiger partial charge in [0.1, 0.15) is 11.6 Å². The van der Waals surface area contributed by atoms with Crippen molar-refractivity contribution in [2.24, 2.45) is 0 Å². The van der Waals surface area contributed by atoms with Gasteiger partial charge in [0.25, 0.3) is 5.91 Å². The number of anilines is 1. The number of carbonyl (C=O) groups excluding carboxylic acids is 1. The number of hydrogen-bond donors (Lipinski definition) is 1. The zero-order valence-electron chi connectivity index (χ0n) is 15.3. The molecule has 0 aromatic heterocycles. The number of carbonyl (C=O) groups is 1. The van der Waals surface area contributed by atoms with Crippen LogP contribution in [0.5, 0.6) is 5.75 Å². The summed E-state index contributed by atoms with van der Waals surface area (Å²) < 4.78 is 44.7. The van der Waals surface area contributed by atoms with Crippen LogP contribution in [-0.4, -0.2) is 38.8 Å². The Labute approximate surface area is 166 Å². The minimum atomic E-state index is -3.62. The van der Waals surface area contributed by atoms with E-state index < -0.39 is 27.9 Å². The van der Waals surface area contributed by atoms with Crippen LogP contribution in [0.1, 0.15) is 12.5 Å². The van der Waals surface area contributed by atoms with Crippen molar-refractivity contribution in [1.82, 2.24) is 4.31 Å². The third kappa shape index (κ3) is 5.06. The van der Waals surface area contributed by atoms with Gasteiger partial charge in [-0.05, 0) is 65.7 Å². The fourth-order valence-corrected chi connectivity index (χ4v) is 3.53. The number of hydrogen-bond acceptors (Lipinski definition) is 4. The first kappa shape index (κ1) is 21.3. The number of benzene rings is 2. The minimum Gasteiger partial charge on any atom is -0.480 e. The summed E-state index contributed by atoms with van der Waals surface area (Å²) in [4.78, 5) is 12.5. The molecule has 2 aromatic carbocycles. The Bertz CT molecular complexity index is 964. The minimum absolute atomic E-state index is 0.0725. The van der Waals surface area contributed by atoms with Crippen molar-refractivity contribution in [1.29, 1.82) is 0 Å². The third-order valence-corrected chi connectivity index (χ3v) is 6.24. The lowest BCUT2D eigenvalue weighted by Gasteiger charge is -2.18. The van der Waals surface area contributed by atoms with E-state index >= 15 is 0 Å². The topological polar surface area (TPSA) is 75.7 Å². The van der Waals surface area contributed by atoms with E-state index in [2.05, 4.69) is 21.2 Å². The number of nitrogens with one attached hydrogen (secondary N) is 1. The van der Waals surface area contributed by atoms with Crippen molar-refractivity contribution >= 4 is 37.5 Å². The van der Waals surface area contributed by atoms with Crippen LogP contribution in [0.4, 0.5) is 10.1 Å². The van der Waals surface area contributed by atoms with Gasteiger partial charge in [-0.15, -0.1) is 0 Å². The maximum Gasteiger partial charge on any atom is 0.265 e. The largest absolute Gasteiger partial charge is 0.480 e. The van der Waals surface area contributed by atoms with E-state index in [1.54, 1.807) is 19.9 Å². The maximum absolute atomic E-state index is 13.1. The highest BCUT2D eigenvalue weighted by Gasteiger charge is 2.21. The molecular formula is C18H20BrFN2O4S. The standard InChI is InChI=1S/C18H20BrFN2O4S/c1-11-5-7-14(27(24,25)22(3)4)10-16(11)21-18(23)12(2)26-17-8-6-13(20)9-15(17)19/h5-10,12H,1-4H3,(H,21,23). The van der Waals surface area contributed by atoms with Crippen LogP contribution >= 0.6 is 15.9 Å². The molecule has 0 heterocycles. The summed E-state index contributed by atoms with van der Waals surface area (Å²) in [5, 5.41) is 2.68. The van der Waals surface area contributed by atoms with Gasteiger partial charge < -0.3 is 10.1 Å². The molecule has 1 N–H and O–H groups in total. The summed E-state index contributed by atoms with van der Waals surface area (Å²) >= 11 is 3.18. The second-order valence-electron chi connectivity index (χ2n) is 6.09. The molecule has 1 amide bonds. The molecule has 2 rings (SSSR count). The first-order valence-corrected chi connectivity index (χ1v) is 10.2. The molecule has 0 radical (unpaired) electrons. The Balaban J connectivity index is 2.19. The van der Waals surface area contributed by atoms with Crippen LogP contribution in [0.3, 0.4) is 0 Å². The number of aryl methyl sites for hydroxylation is 1. The maximum atomic E-state index is 13.1. The molecule has 0 aliphatic carbocycles. The molecule has 0 fully saturated rings. The normalized spacial score (nSPS) is 12.7. The van der Waals surface area contributed by atoms with Crippen molar-refractivity contribution < 1.29 is 22.3 Å². The summed E-state index contributed by atoms with van der Waals surface area (Å²) in [6.07, 6.45) is -0.889. The van der Waals surface area contributed by atoms with Crippen LogP contribution in [-0.2, 0) is 14.8 Å². The molecule has 1 atom stereocenters. The van der Waals surface area contributed by atoms with Gasteiger partial charge in [0.2, 0.25) is 10.0 Å². The molecule has 6 nitrogen and oxygen atoms in total. The number of amides is 1. The van der Waals surface area contributed by atoms with Crippen LogP contribution in [0.15, 0.2) is 45.8 Å². The van der Waals surface area contributed by atoms with Gasteiger partial charge >= 0.3 is 0 Å². The predicted molar refractivity (Wildman–Crippen MR) is 105 cm³/mol. The Kier molecular flexibility index (Phi) is 6.61. The predicted octanol–water partition coefficient (Wildman–Crippen LogP) is 3.55. The number of halogens is 2. The van der Waals surface area contributed by atoms with Crippen molar-refractivity contribution in [2.75, 3.05) is 19.4 Å². The molecular weight excluding hydrogens is 439 g/mol. The molecule has 9 heteroatoms. The van der Waals surface area contributed by atoms with Gasteiger partial charge in [0.15, 0.2) is 6.10 Å². The van der Waals surface area contributed by atoms with Crippen molar-refractivity contribution in [3.63, 3.8) is 0 Å². The first-order chi connectivity index (χ1) is 12.5. The van der Waals surface area contributed by atoms with E-state index in [4.69, 9.17) is 4.74 Å². The molecule has 1 unspecified atom stereocenters. The molecule has 27 heavy (non-hydrogen) atoms. The molecule has 0 saturated carbocycles. The molecule has 0 bridgehead atoms. The van der Waals surface area contributed by atoms with Gasteiger partial charge in [-0.2, -0.15) is 0 Å². The second-order valence-corrected chi connectivity index (χ2v) is 9.09. The van der Waals surface area contributed by atoms with Gasteiger partial charge in [-0.25, -0.2) is 17.1 Å². The van der Waals surface area contributed by atoms with E-state index in [9.17, 15) is 17.6 Å². The van der Waals surface area contributed by atoms with E-state index in [-0.39, 0.29) is 4.90 Å². The van der Waals surface area contributed by atoms with E-state index in [0.29, 0.717) is 21.5 Å². The highest BCUT2D eigenvalue weighted by molar-refractivity contribution is 9.10. The summed E-state index contributed by atoms with van der Waals surface area (Å²) in [7, 11) is -0.752. The molecule has 146 valence electrons. The Morgan fingerprint density at radius 1 is 1.22 bits per heavy atom. The van der Waals surface area contributed by atoms with Gasteiger partial charge in [0, 0.05) is 19.8 Å². The lowest BCUT2D eigenvalue weighted by atomic mass is 10.2. The third-order valence-electron chi connectivity index (χ3n) is 3.81. The molecule has 2 aromatic rings. The molecule has 0 aliphatic rings. The van der Waals surface area contributed by atoms with Gasteiger partial charge in [0.05, 0.1) is 9.37 Å². The lowest BCUT2D eigenvalue weighted by molar-refractivity contribution is -0.122. The van der Waals surface area contributed by atoms with Crippen LogP contribution in [0.25, 0.3) is 0 Å². The van der Waals surface area contributed by atoms with Crippen molar-refractivity contribution in [3.8, 4) is 5.75 Å². The average molecular weight is 459 g/mol. The summed E-state index contributed by atoms with van der Waals surface area (Å²) in [5.41, 5.74) is 1.08. The number of rotatable bonds is 6. The fourth-order valence-electron chi connectivity index (χ4n) is 2.16. The summed E-state index contributed by atoms with van der Waals surface area (Å²) in [5.74, 6) is -0.575. The quantitative estimate of drug-likeness (QED) is 0.717. The number of sulfonamides is 1. The number of nitrogens with zero attached hydrogens (tertiary/aromatic N) is 1. The molecule has 0 aliphatic heterocycles. The van der Waals surface area contributed by atoms with Crippen LogP contribution < -0.4 is 10.1 Å². The van der Waals surface area contributed by atoms with Gasteiger partial charge in [-0.1, -0.05) is 6.07 Å². The highest BCUT2D eigenvalue weighted by atomic mass is 79.9. The smallest absolute Gasteiger partial charge is 0.265 e. The Morgan fingerprint density at radius 3 is 2.48 bits per heavy atom. The average Bonchev–Trinajstić information content (AvgIpc) is 2.58. The van der Waals surface area contributed by atoms with Crippen LogP contribution in [0, 0.1) is 12.7 Å². The van der Waals surface area contributed by atoms with Crippen molar-refractivity contribution in [2.45, 2.75) is 24.8 Å². The zero-order chi connectivity index (χ0) is 20.4. The SMILES string of the molecule is Cc1ccc(S(=O)(=O)N(C)C)cc1NC(=O)C(C)Oc1ccc(F)cc1Br. The monoisotopic (exact) mass is 458 g/mol.